The zero-order valence-electron chi connectivity index (χ0n) is 5.20. The molecule has 0 aromatic carbocycles. The van der Waals surface area contributed by atoms with Crippen LogP contribution in [0.2, 0.25) is 0 Å². The van der Waals surface area contributed by atoms with Crippen LogP contribution < -0.4 is 0 Å². The van der Waals surface area contributed by atoms with Crippen LogP contribution in [0.1, 0.15) is 6.42 Å². The standard InChI is InChI=1S/C7H5NS2/c9-6-3-1-5-2-4-7(10)8(5)6/h1-3H,4H2. The molecule has 0 saturated carbocycles. The third-order valence-electron chi connectivity index (χ3n) is 1.61. The lowest BCUT2D eigenvalue weighted by Crippen LogP contribution is -2.23. The van der Waals surface area contributed by atoms with Crippen LogP contribution in [0.15, 0.2) is 23.9 Å². The van der Waals surface area contributed by atoms with Crippen molar-refractivity contribution in [1.82, 2.24) is 4.90 Å². The predicted molar refractivity (Wildman–Crippen MR) is 48.9 cm³/mol. The Balaban J connectivity index is 2.45. The Bertz CT molecular complexity index is 275. The highest BCUT2D eigenvalue weighted by atomic mass is 32.1. The average molecular weight is 167 g/mol. The van der Waals surface area contributed by atoms with Crippen molar-refractivity contribution in [3.05, 3.63) is 23.9 Å². The summed E-state index contributed by atoms with van der Waals surface area (Å²) in [5.41, 5.74) is 1.15. The lowest BCUT2D eigenvalue weighted by atomic mass is 10.4. The zero-order chi connectivity index (χ0) is 7.14. The zero-order valence-corrected chi connectivity index (χ0v) is 6.84. The van der Waals surface area contributed by atoms with Gasteiger partial charge in [0.15, 0.2) is 0 Å². The maximum absolute atomic E-state index is 5.08. The third-order valence-corrected chi connectivity index (χ3v) is 2.28. The molecule has 0 fully saturated rings. The first-order valence-corrected chi connectivity index (χ1v) is 3.86. The Labute approximate surface area is 70.0 Å². The van der Waals surface area contributed by atoms with Crippen LogP contribution in [0.4, 0.5) is 0 Å². The van der Waals surface area contributed by atoms with Gasteiger partial charge in [-0.3, -0.25) is 4.90 Å². The summed E-state index contributed by atoms with van der Waals surface area (Å²) < 4.78 is 0. The van der Waals surface area contributed by atoms with Gasteiger partial charge in [-0.1, -0.05) is 30.5 Å². The maximum Gasteiger partial charge on any atom is 0.111 e. The molecule has 2 heterocycles. The molecule has 2 aliphatic heterocycles. The molecule has 2 aliphatic rings. The van der Waals surface area contributed by atoms with Crippen molar-refractivity contribution >= 4 is 34.4 Å². The summed E-state index contributed by atoms with van der Waals surface area (Å²) in [5, 5.41) is 0. The van der Waals surface area contributed by atoms with E-state index < -0.39 is 0 Å². The molecule has 0 N–H and O–H groups in total. The molecule has 0 aliphatic carbocycles. The molecule has 10 heavy (non-hydrogen) atoms. The molecule has 50 valence electrons. The smallest absolute Gasteiger partial charge is 0.111 e. The predicted octanol–water partition coefficient (Wildman–Crippen LogP) is 1.80. The molecular weight excluding hydrogens is 162 g/mol. The fourth-order valence-corrected chi connectivity index (χ4v) is 1.77. The summed E-state index contributed by atoms with van der Waals surface area (Å²) >= 11 is 10.1. The largest absolute Gasteiger partial charge is 0.295 e. The molecule has 0 atom stereocenters. The lowest BCUT2D eigenvalue weighted by molar-refractivity contribution is 0.852. The molecule has 0 saturated heterocycles. The van der Waals surface area contributed by atoms with Crippen molar-refractivity contribution < 1.29 is 0 Å². The van der Waals surface area contributed by atoms with Gasteiger partial charge in [0.05, 0.1) is 4.99 Å². The van der Waals surface area contributed by atoms with Crippen LogP contribution in [0.3, 0.4) is 0 Å². The minimum Gasteiger partial charge on any atom is -0.295 e. The quantitative estimate of drug-likeness (QED) is 0.506. The van der Waals surface area contributed by atoms with E-state index in [2.05, 4.69) is 6.08 Å². The first kappa shape index (κ1) is 6.19. The van der Waals surface area contributed by atoms with E-state index >= 15 is 0 Å². The van der Waals surface area contributed by atoms with Gasteiger partial charge in [-0.25, -0.2) is 0 Å². The number of hydrogen-bond donors (Lipinski definition) is 0. The van der Waals surface area contributed by atoms with Crippen molar-refractivity contribution in [2.75, 3.05) is 0 Å². The van der Waals surface area contributed by atoms with Crippen LogP contribution in [0, 0.1) is 0 Å². The SMILES string of the molecule is S=C1C=CC2=CCC(=S)N12. The van der Waals surface area contributed by atoms with E-state index in [9.17, 15) is 0 Å². The van der Waals surface area contributed by atoms with Gasteiger partial charge in [-0.2, -0.15) is 0 Å². The monoisotopic (exact) mass is 167 g/mol. The van der Waals surface area contributed by atoms with Gasteiger partial charge in [0.1, 0.15) is 4.99 Å². The van der Waals surface area contributed by atoms with Gasteiger partial charge >= 0.3 is 0 Å². The second-order valence-electron chi connectivity index (χ2n) is 2.23. The van der Waals surface area contributed by atoms with Gasteiger partial charge in [0.2, 0.25) is 0 Å². The highest BCUT2D eigenvalue weighted by Crippen LogP contribution is 2.24. The Morgan fingerprint density at radius 3 is 2.80 bits per heavy atom. The minimum absolute atomic E-state index is 0.828. The van der Waals surface area contributed by atoms with Crippen molar-refractivity contribution in [1.29, 1.82) is 0 Å². The van der Waals surface area contributed by atoms with Crippen molar-refractivity contribution in [2.45, 2.75) is 6.42 Å². The molecule has 2 rings (SSSR count). The molecule has 0 unspecified atom stereocenters. The van der Waals surface area contributed by atoms with Gasteiger partial charge < -0.3 is 0 Å². The summed E-state index contributed by atoms with van der Waals surface area (Å²) in [6.07, 6.45) is 6.88. The van der Waals surface area contributed by atoms with Crippen LogP contribution in [0.5, 0.6) is 0 Å². The molecule has 0 spiro atoms. The Morgan fingerprint density at radius 1 is 1.30 bits per heavy atom. The molecule has 1 nitrogen and oxygen atoms in total. The molecule has 0 aromatic heterocycles. The Hall–Kier alpha value is -0.540. The van der Waals surface area contributed by atoms with E-state index in [0.717, 1.165) is 22.1 Å². The van der Waals surface area contributed by atoms with Gasteiger partial charge in [-0.05, 0) is 12.2 Å². The summed E-state index contributed by atoms with van der Waals surface area (Å²) in [6, 6.07) is 0. The number of nitrogens with zero attached hydrogens (tertiary/aromatic N) is 1. The van der Waals surface area contributed by atoms with Gasteiger partial charge in [-0.15, -0.1) is 0 Å². The highest BCUT2D eigenvalue weighted by molar-refractivity contribution is 7.82. The number of rotatable bonds is 0. The van der Waals surface area contributed by atoms with Crippen LogP contribution in [0.25, 0.3) is 0 Å². The number of allylic oxidation sites excluding steroid dienone is 1. The topological polar surface area (TPSA) is 3.24 Å². The van der Waals surface area contributed by atoms with Crippen LogP contribution in [-0.4, -0.2) is 14.9 Å². The molecule has 3 heteroatoms. The fourth-order valence-electron chi connectivity index (χ4n) is 1.14. The number of hydrogen-bond acceptors (Lipinski definition) is 2. The highest BCUT2D eigenvalue weighted by Gasteiger charge is 2.24. The summed E-state index contributed by atoms with van der Waals surface area (Å²) in [6.45, 7) is 0. The van der Waals surface area contributed by atoms with Gasteiger partial charge in [0.25, 0.3) is 0 Å². The summed E-state index contributed by atoms with van der Waals surface area (Å²) in [4.78, 5) is 3.68. The Kier molecular flexibility index (Phi) is 1.22. The van der Waals surface area contributed by atoms with Crippen LogP contribution >= 0.6 is 24.4 Å². The second-order valence-corrected chi connectivity index (χ2v) is 3.12. The van der Waals surface area contributed by atoms with Crippen molar-refractivity contribution in [3.8, 4) is 0 Å². The van der Waals surface area contributed by atoms with E-state index in [0.29, 0.717) is 0 Å². The summed E-state index contributed by atoms with van der Waals surface area (Å²) in [7, 11) is 0. The number of thiocarbonyl (C=S) groups is 2. The molecular formula is C7H5NS2. The molecule has 0 radical (unpaired) electrons. The van der Waals surface area contributed by atoms with Gasteiger partial charge in [0, 0.05) is 12.1 Å². The van der Waals surface area contributed by atoms with E-state index in [4.69, 9.17) is 24.4 Å². The first-order valence-electron chi connectivity index (χ1n) is 3.04. The number of fused-ring (bicyclic) bond motifs is 1. The van der Waals surface area contributed by atoms with E-state index in [-0.39, 0.29) is 0 Å². The van der Waals surface area contributed by atoms with E-state index in [1.807, 2.05) is 17.1 Å². The first-order chi connectivity index (χ1) is 4.79. The normalized spacial score (nSPS) is 22.0. The maximum atomic E-state index is 5.08. The van der Waals surface area contributed by atoms with E-state index in [1.54, 1.807) is 0 Å². The lowest BCUT2D eigenvalue weighted by Gasteiger charge is -2.12. The minimum atomic E-state index is 0.828. The molecule has 0 bridgehead atoms. The Morgan fingerprint density at radius 2 is 2.10 bits per heavy atom. The average Bonchev–Trinajstić information content (AvgIpc) is 2.40. The third kappa shape index (κ3) is 0.676. The van der Waals surface area contributed by atoms with E-state index in [1.165, 1.54) is 0 Å². The molecule has 0 amide bonds. The summed E-state index contributed by atoms with van der Waals surface area (Å²) in [5.74, 6) is 0. The second kappa shape index (κ2) is 1.97. The van der Waals surface area contributed by atoms with Crippen molar-refractivity contribution in [2.24, 2.45) is 0 Å². The van der Waals surface area contributed by atoms with Crippen molar-refractivity contribution in [3.63, 3.8) is 0 Å². The fraction of sp³-hybridized carbons (Fsp3) is 0.143. The molecule has 0 aromatic rings. The van der Waals surface area contributed by atoms with Crippen LogP contribution in [-0.2, 0) is 0 Å².